The third kappa shape index (κ3) is 4.02. The van der Waals surface area contributed by atoms with Crippen LogP contribution in [0.2, 0.25) is 10.0 Å². The Hall–Kier alpha value is -0.970. The van der Waals surface area contributed by atoms with Crippen LogP contribution >= 0.6 is 23.2 Å². The number of benzene rings is 1. The Kier molecular flexibility index (Phi) is 5.02. The highest BCUT2D eigenvalue weighted by Crippen LogP contribution is 2.38. The Morgan fingerprint density at radius 3 is 2.67 bits per heavy atom. The number of amides is 1. The number of likely N-dealkylation sites (N-methyl/N-ethyl adjacent to an activating group) is 1. The molecule has 3 atom stereocenters. The maximum absolute atomic E-state index is 12.3. The highest BCUT2D eigenvalue weighted by Gasteiger charge is 2.34. The summed E-state index contributed by atoms with van der Waals surface area (Å²) >= 11 is 11.9. The lowest BCUT2D eigenvalue weighted by molar-refractivity contribution is -0.120. The van der Waals surface area contributed by atoms with Crippen LogP contribution in [0.1, 0.15) is 20.3 Å². The number of nitrogens with two attached hydrogens (primary N) is 1. The fourth-order valence-electron chi connectivity index (χ4n) is 2.33. The Morgan fingerprint density at radius 1 is 1.52 bits per heavy atom. The van der Waals surface area contributed by atoms with Gasteiger partial charge in [-0.2, -0.15) is 0 Å². The fraction of sp³-hybridized carbons (Fsp3) is 0.533. The largest absolute Gasteiger partial charge is 0.397 e. The molecule has 2 rings (SSSR count). The van der Waals surface area contributed by atoms with E-state index < -0.39 is 0 Å². The van der Waals surface area contributed by atoms with Gasteiger partial charge < -0.3 is 11.1 Å². The molecule has 1 aliphatic rings. The van der Waals surface area contributed by atoms with Crippen LogP contribution in [0.3, 0.4) is 0 Å². The molecule has 3 unspecified atom stereocenters. The molecule has 0 spiro atoms. The van der Waals surface area contributed by atoms with E-state index in [0.717, 1.165) is 12.5 Å². The van der Waals surface area contributed by atoms with Gasteiger partial charge in [-0.1, -0.05) is 30.1 Å². The van der Waals surface area contributed by atoms with Crippen molar-refractivity contribution < 1.29 is 4.79 Å². The number of carbonyl (C=O) groups excluding carboxylic acids is 1. The van der Waals surface area contributed by atoms with Gasteiger partial charge >= 0.3 is 0 Å². The SMILES string of the molecule is CC1CC1CN(C)C(C)C(=O)Nc1c(N)cc(Cl)cc1Cl. The van der Waals surface area contributed by atoms with Crippen molar-refractivity contribution in [1.82, 2.24) is 4.90 Å². The molecule has 1 fully saturated rings. The second-order valence-electron chi connectivity index (χ2n) is 5.93. The summed E-state index contributed by atoms with van der Waals surface area (Å²) in [6, 6.07) is 2.89. The quantitative estimate of drug-likeness (QED) is 0.813. The number of nitrogens with one attached hydrogen (secondary N) is 1. The van der Waals surface area contributed by atoms with Crippen LogP contribution in [0, 0.1) is 11.8 Å². The van der Waals surface area contributed by atoms with Crippen molar-refractivity contribution in [1.29, 1.82) is 0 Å². The lowest BCUT2D eigenvalue weighted by atomic mass is 10.2. The van der Waals surface area contributed by atoms with Crippen LogP contribution in [0.15, 0.2) is 12.1 Å². The maximum atomic E-state index is 12.3. The molecule has 0 heterocycles. The number of halogens is 2. The van der Waals surface area contributed by atoms with Crippen molar-refractivity contribution in [2.75, 3.05) is 24.6 Å². The molecule has 1 aromatic rings. The van der Waals surface area contributed by atoms with E-state index in [0.29, 0.717) is 27.3 Å². The lowest BCUT2D eigenvalue weighted by Crippen LogP contribution is -2.40. The zero-order valence-corrected chi connectivity index (χ0v) is 14.0. The van der Waals surface area contributed by atoms with E-state index in [1.807, 2.05) is 14.0 Å². The number of anilines is 2. The van der Waals surface area contributed by atoms with Gasteiger partial charge in [0.1, 0.15) is 0 Å². The predicted molar refractivity (Wildman–Crippen MR) is 88.9 cm³/mol. The zero-order valence-electron chi connectivity index (χ0n) is 12.5. The minimum atomic E-state index is -0.246. The molecule has 21 heavy (non-hydrogen) atoms. The molecule has 0 aromatic heterocycles. The maximum Gasteiger partial charge on any atom is 0.241 e. The molecule has 0 saturated heterocycles. The van der Waals surface area contributed by atoms with Gasteiger partial charge in [0.15, 0.2) is 0 Å². The number of hydrogen-bond donors (Lipinski definition) is 2. The van der Waals surface area contributed by atoms with Gasteiger partial charge in [-0.25, -0.2) is 0 Å². The molecule has 1 amide bonds. The number of rotatable bonds is 5. The van der Waals surface area contributed by atoms with Crippen LogP contribution in [-0.2, 0) is 4.79 Å². The van der Waals surface area contributed by atoms with Gasteiger partial charge in [0.05, 0.1) is 22.4 Å². The van der Waals surface area contributed by atoms with Crippen LogP contribution in [-0.4, -0.2) is 30.4 Å². The van der Waals surface area contributed by atoms with Crippen molar-refractivity contribution in [2.45, 2.75) is 26.3 Å². The minimum absolute atomic E-state index is 0.123. The fourth-order valence-corrected chi connectivity index (χ4v) is 2.89. The number of hydrogen-bond acceptors (Lipinski definition) is 3. The van der Waals surface area contributed by atoms with Crippen molar-refractivity contribution in [3.63, 3.8) is 0 Å². The molecule has 116 valence electrons. The zero-order chi connectivity index (χ0) is 15.7. The standard InChI is InChI=1S/C15H21Cl2N3O/c1-8-4-10(8)7-20(3)9(2)15(21)19-14-12(17)5-11(16)6-13(14)18/h5-6,8-10H,4,7,18H2,1-3H3,(H,19,21). The first-order valence-corrected chi connectivity index (χ1v) is 7.80. The van der Waals surface area contributed by atoms with Gasteiger partial charge in [0.2, 0.25) is 5.91 Å². The topological polar surface area (TPSA) is 58.4 Å². The predicted octanol–water partition coefficient (Wildman–Crippen LogP) is 3.49. The molecule has 1 saturated carbocycles. The normalized spacial score (nSPS) is 22.2. The summed E-state index contributed by atoms with van der Waals surface area (Å²) in [5, 5.41) is 3.59. The Labute approximate surface area is 135 Å². The minimum Gasteiger partial charge on any atom is -0.397 e. The second kappa shape index (κ2) is 6.42. The van der Waals surface area contributed by atoms with Crippen LogP contribution in [0.5, 0.6) is 0 Å². The Balaban J connectivity index is 2.00. The van der Waals surface area contributed by atoms with Gasteiger partial charge in [-0.3, -0.25) is 9.69 Å². The lowest BCUT2D eigenvalue weighted by Gasteiger charge is -2.24. The average molecular weight is 330 g/mol. The molecule has 3 N–H and O–H groups in total. The van der Waals surface area contributed by atoms with E-state index >= 15 is 0 Å². The van der Waals surface area contributed by atoms with E-state index in [1.165, 1.54) is 6.42 Å². The van der Waals surface area contributed by atoms with Crippen LogP contribution in [0.25, 0.3) is 0 Å². The van der Waals surface area contributed by atoms with Crippen molar-refractivity contribution >= 4 is 40.5 Å². The molecule has 1 aromatic carbocycles. The smallest absolute Gasteiger partial charge is 0.241 e. The third-order valence-electron chi connectivity index (χ3n) is 4.17. The van der Waals surface area contributed by atoms with E-state index in [4.69, 9.17) is 28.9 Å². The summed E-state index contributed by atoms with van der Waals surface area (Å²) in [4.78, 5) is 14.4. The van der Waals surface area contributed by atoms with Crippen molar-refractivity contribution in [3.8, 4) is 0 Å². The molecule has 0 radical (unpaired) electrons. The van der Waals surface area contributed by atoms with Gasteiger partial charge in [0, 0.05) is 11.6 Å². The summed E-state index contributed by atoms with van der Waals surface area (Å²) in [7, 11) is 1.96. The number of nitrogen functional groups attached to an aromatic ring is 1. The molecule has 4 nitrogen and oxygen atoms in total. The highest BCUT2D eigenvalue weighted by molar-refractivity contribution is 6.37. The first-order valence-electron chi connectivity index (χ1n) is 7.05. The number of nitrogens with zero attached hydrogens (tertiary/aromatic N) is 1. The van der Waals surface area contributed by atoms with E-state index in [-0.39, 0.29) is 11.9 Å². The van der Waals surface area contributed by atoms with Gasteiger partial charge in [0.25, 0.3) is 0 Å². The Bertz CT molecular complexity index is 527. The van der Waals surface area contributed by atoms with E-state index in [1.54, 1.807) is 12.1 Å². The van der Waals surface area contributed by atoms with Crippen molar-refractivity contribution in [3.05, 3.63) is 22.2 Å². The number of carbonyl (C=O) groups is 1. The van der Waals surface area contributed by atoms with Crippen LogP contribution in [0.4, 0.5) is 11.4 Å². The average Bonchev–Trinajstić information content (AvgIpc) is 3.07. The molecular weight excluding hydrogens is 309 g/mol. The molecular formula is C15H21Cl2N3O. The second-order valence-corrected chi connectivity index (χ2v) is 6.77. The van der Waals surface area contributed by atoms with Gasteiger partial charge in [-0.05, 0) is 44.4 Å². The van der Waals surface area contributed by atoms with Crippen LogP contribution < -0.4 is 11.1 Å². The monoisotopic (exact) mass is 329 g/mol. The molecule has 0 aliphatic heterocycles. The first kappa shape index (κ1) is 16.4. The van der Waals surface area contributed by atoms with E-state index in [9.17, 15) is 4.79 Å². The summed E-state index contributed by atoms with van der Waals surface area (Å²) in [6.07, 6.45) is 1.24. The summed E-state index contributed by atoms with van der Waals surface area (Å²) in [5.41, 5.74) is 6.65. The van der Waals surface area contributed by atoms with E-state index in [2.05, 4.69) is 17.1 Å². The summed E-state index contributed by atoms with van der Waals surface area (Å²) in [5.74, 6) is 1.35. The Morgan fingerprint density at radius 2 is 2.14 bits per heavy atom. The first-order chi connectivity index (χ1) is 9.79. The molecule has 1 aliphatic carbocycles. The highest BCUT2D eigenvalue weighted by atomic mass is 35.5. The summed E-state index contributed by atoms with van der Waals surface area (Å²) < 4.78 is 0. The third-order valence-corrected chi connectivity index (χ3v) is 4.69. The molecule has 0 bridgehead atoms. The van der Waals surface area contributed by atoms with Crippen molar-refractivity contribution in [2.24, 2.45) is 11.8 Å². The summed E-state index contributed by atoms with van der Waals surface area (Å²) in [6.45, 7) is 5.04. The van der Waals surface area contributed by atoms with Gasteiger partial charge in [-0.15, -0.1) is 0 Å². The molecule has 6 heteroatoms.